The van der Waals surface area contributed by atoms with Crippen molar-refractivity contribution >= 4 is 23.4 Å². The van der Waals surface area contributed by atoms with Crippen molar-refractivity contribution in [1.82, 2.24) is 9.97 Å². The summed E-state index contributed by atoms with van der Waals surface area (Å²) in [5.41, 5.74) is 0.954. The molecule has 1 saturated carbocycles. The second-order valence-electron chi connectivity index (χ2n) is 8.91. The van der Waals surface area contributed by atoms with Crippen LogP contribution in [0.1, 0.15) is 45.2 Å². The molecule has 1 aliphatic rings. The molecule has 1 aliphatic carbocycles. The lowest BCUT2D eigenvalue weighted by Crippen LogP contribution is -2.49. The first-order valence-electron chi connectivity index (χ1n) is 12.1. The van der Waals surface area contributed by atoms with Crippen LogP contribution in [0.5, 0.6) is 11.5 Å². The first kappa shape index (κ1) is 27.3. The summed E-state index contributed by atoms with van der Waals surface area (Å²) in [5.74, 6) is 0.0997. The van der Waals surface area contributed by atoms with E-state index in [1.165, 1.54) is 12.1 Å². The Morgan fingerprint density at radius 1 is 1.03 bits per heavy atom. The van der Waals surface area contributed by atoms with E-state index in [0.717, 1.165) is 10.6 Å². The molecule has 198 valence electrons. The van der Waals surface area contributed by atoms with E-state index >= 15 is 0 Å². The summed E-state index contributed by atoms with van der Waals surface area (Å²) in [6.07, 6.45) is -3.02. The molecule has 2 aromatic rings. The molecular formula is C25H34F3N5O3. The molecule has 0 saturated heterocycles. The molecule has 1 aromatic carbocycles. The minimum absolute atomic E-state index is 0.0210. The Labute approximate surface area is 209 Å². The van der Waals surface area contributed by atoms with Crippen LogP contribution in [-0.2, 0) is 4.79 Å². The Morgan fingerprint density at radius 2 is 1.67 bits per heavy atom. The van der Waals surface area contributed by atoms with Crippen molar-refractivity contribution in [1.29, 1.82) is 0 Å². The standard InChI is InChI=1S/C25H34F3N5O3/c1-6-35-20-13-12-19(15-21(20)36-7-2)33(23(34)25(26,27)28)18-10-8-17(9-11-18)30-22-14-16(3)29-24(31-22)32(4)5/h12-15,17-18H,6-11H2,1-5H3,(H,29,30,31). The van der Waals surface area contributed by atoms with Gasteiger partial charge in [-0.3, -0.25) is 4.79 Å². The number of amides is 1. The van der Waals surface area contributed by atoms with Crippen molar-refractivity contribution in [2.45, 2.75) is 64.7 Å². The highest BCUT2D eigenvalue weighted by atomic mass is 19.4. The van der Waals surface area contributed by atoms with E-state index in [1.807, 2.05) is 32.0 Å². The highest BCUT2D eigenvalue weighted by molar-refractivity contribution is 5.98. The summed E-state index contributed by atoms with van der Waals surface area (Å²) >= 11 is 0. The Hall–Kier alpha value is -3.24. The molecule has 0 bridgehead atoms. The fourth-order valence-corrected chi connectivity index (χ4v) is 4.33. The molecular weight excluding hydrogens is 475 g/mol. The van der Waals surface area contributed by atoms with Gasteiger partial charge in [0.05, 0.1) is 13.2 Å². The predicted molar refractivity (Wildman–Crippen MR) is 133 cm³/mol. The Bertz CT molecular complexity index is 1040. The number of hydrogen-bond acceptors (Lipinski definition) is 7. The van der Waals surface area contributed by atoms with Gasteiger partial charge in [-0.1, -0.05) is 0 Å². The summed E-state index contributed by atoms with van der Waals surface area (Å²) in [5, 5.41) is 3.38. The Morgan fingerprint density at radius 3 is 2.25 bits per heavy atom. The van der Waals surface area contributed by atoms with E-state index in [1.54, 1.807) is 19.9 Å². The van der Waals surface area contributed by atoms with E-state index < -0.39 is 18.1 Å². The lowest BCUT2D eigenvalue weighted by Gasteiger charge is -2.37. The fourth-order valence-electron chi connectivity index (χ4n) is 4.33. The average Bonchev–Trinajstić information content (AvgIpc) is 2.81. The Kier molecular flexibility index (Phi) is 8.86. The molecule has 1 amide bonds. The average molecular weight is 510 g/mol. The van der Waals surface area contributed by atoms with E-state index in [0.29, 0.717) is 62.2 Å². The highest BCUT2D eigenvalue weighted by Crippen LogP contribution is 2.37. The molecule has 3 rings (SSSR count). The number of ether oxygens (including phenoxy) is 2. The van der Waals surface area contributed by atoms with Crippen LogP contribution in [0.2, 0.25) is 0 Å². The molecule has 1 aromatic heterocycles. The largest absolute Gasteiger partial charge is 0.490 e. The number of carbonyl (C=O) groups excluding carboxylic acids is 1. The minimum Gasteiger partial charge on any atom is -0.490 e. The van der Waals surface area contributed by atoms with E-state index in [9.17, 15) is 18.0 Å². The molecule has 0 aliphatic heterocycles. The maximum Gasteiger partial charge on any atom is 0.471 e. The van der Waals surface area contributed by atoms with Gasteiger partial charge < -0.3 is 24.6 Å². The van der Waals surface area contributed by atoms with Crippen molar-refractivity contribution in [3.63, 3.8) is 0 Å². The molecule has 36 heavy (non-hydrogen) atoms. The fraction of sp³-hybridized carbons (Fsp3) is 0.560. The smallest absolute Gasteiger partial charge is 0.471 e. The molecule has 0 spiro atoms. The van der Waals surface area contributed by atoms with Crippen molar-refractivity contribution in [3.05, 3.63) is 30.0 Å². The van der Waals surface area contributed by atoms with Gasteiger partial charge >= 0.3 is 12.1 Å². The summed E-state index contributed by atoms with van der Waals surface area (Å²) in [4.78, 5) is 24.1. The molecule has 11 heteroatoms. The molecule has 0 radical (unpaired) electrons. The number of hydrogen-bond donors (Lipinski definition) is 1. The van der Waals surface area contributed by atoms with Gasteiger partial charge in [-0.15, -0.1) is 0 Å². The number of carbonyl (C=O) groups is 1. The molecule has 1 N–H and O–H groups in total. The normalized spacial score (nSPS) is 17.9. The van der Waals surface area contributed by atoms with Crippen LogP contribution in [0, 0.1) is 6.92 Å². The van der Waals surface area contributed by atoms with Crippen LogP contribution in [-0.4, -0.2) is 61.4 Å². The number of rotatable bonds is 9. The van der Waals surface area contributed by atoms with Crippen LogP contribution in [0.4, 0.5) is 30.6 Å². The van der Waals surface area contributed by atoms with Gasteiger partial charge in [0.1, 0.15) is 5.82 Å². The number of nitrogens with zero attached hydrogens (tertiary/aromatic N) is 4. The number of halogens is 3. The Balaban J connectivity index is 1.80. The number of aryl methyl sites for hydroxylation is 1. The predicted octanol–water partition coefficient (Wildman–Crippen LogP) is 4.97. The lowest BCUT2D eigenvalue weighted by atomic mass is 9.89. The van der Waals surface area contributed by atoms with Crippen LogP contribution >= 0.6 is 0 Å². The zero-order valence-electron chi connectivity index (χ0n) is 21.4. The van der Waals surface area contributed by atoms with Crippen LogP contribution in [0.25, 0.3) is 0 Å². The summed E-state index contributed by atoms with van der Waals surface area (Å²) in [6, 6.07) is 5.74. The van der Waals surface area contributed by atoms with E-state index in [-0.39, 0.29) is 11.7 Å². The molecule has 0 unspecified atom stereocenters. The topological polar surface area (TPSA) is 79.8 Å². The van der Waals surface area contributed by atoms with Gasteiger partial charge in [-0.25, -0.2) is 4.98 Å². The first-order valence-corrected chi connectivity index (χ1v) is 12.1. The first-order chi connectivity index (χ1) is 17.0. The number of alkyl halides is 3. The quantitative estimate of drug-likeness (QED) is 0.511. The second kappa shape index (κ2) is 11.7. The number of nitrogens with one attached hydrogen (secondary N) is 1. The van der Waals surface area contributed by atoms with Gasteiger partial charge in [-0.2, -0.15) is 18.2 Å². The monoisotopic (exact) mass is 509 g/mol. The third-order valence-electron chi connectivity index (χ3n) is 5.92. The SMILES string of the molecule is CCOc1ccc(N(C(=O)C(F)(F)F)C2CCC(Nc3cc(C)nc(N(C)C)n3)CC2)cc1OCC. The number of benzene rings is 1. The maximum atomic E-state index is 13.6. The number of aromatic nitrogens is 2. The van der Waals surface area contributed by atoms with Gasteiger partial charge in [0.25, 0.3) is 0 Å². The molecule has 1 heterocycles. The van der Waals surface area contributed by atoms with Crippen molar-refractivity contribution in [2.24, 2.45) is 0 Å². The van der Waals surface area contributed by atoms with Crippen LogP contribution < -0.4 is 24.6 Å². The highest BCUT2D eigenvalue weighted by Gasteiger charge is 2.46. The number of anilines is 3. The maximum absolute atomic E-state index is 13.6. The zero-order chi connectivity index (χ0) is 26.5. The van der Waals surface area contributed by atoms with Crippen molar-refractivity contribution in [2.75, 3.05) is 42.4 Å². The second-order valence-corrected chi connectivity index (χ2v) is 8.91. The van der Waals surface area contributed by atoms with E-state index in [4.69, 9.17) is 9.47 Å². The molecule has 8 nitrogen and oxygen atoms in total. The third-order valence-corrected chi connectivity index (χ3v) is 5.92. The van der Waals surface area contributed by atoms with Gasteiger partial charge in [0.2, 0.25) is 5.95 Å². The third kappa shape index (κ3) is 6.70. The molecule has 0 atom stereocenters. The van der Waals surface area contributed by atoms with Crippen LogP contribution in [0.3, 0.4) is 0 Å². The summed E-state index contributed by atoms with van der Waals surface area (Å²) in [7, 11) is 3.71. The van der Waals surface area contributed by atoms with Crippen molar-refractivity contribution < 1.29 is 27.4 Å². The van der Waals surface area contributed by atoms with E-state index in [2.05, 4.69) is 15.3 Å². The summed E-state index contributed by atoms with van der Waals surface area (Å²) in [6.45, 7) is 6.15. The summed E-state index contributed by atoms with van der Waals surface area (Å²) < 4.78 is 52.0. The lowest BCUT2D eigenvalue weighted by molar-refractivity contribution is -0.171. The van der Waals surface area contributed by atoms with Crippen LogP contribution in [0.15, 0.2) is 24.3 Å². The minimum atomic E-state index is -5.00. The van der Waals surface area contributed by atoms with Gasteiger partial charge in [-0.05, 0) is 58.6 Å². The zero-order valence-corrected chi connectivity index (χ0v) is 21.4. The van der Waals surface area contributed by atoms with Gasteiger partial charge in [0, 0.05) is 49.7 Å². The molecule has 1 fully saturated rings. The van der Waals surface area contributed by atoms with Gasteiger partial charge in [0.15, 0.2) is 11.5 Å². The van der Waals surface area contributed by atoms with Crippen molar-refractivity contribution in [3.8, 4) is 11.5 Å².